The Bertz CT molecular complexity index is 639. The van der Waals surface area contributed by atoms with Gasteiger partial charge in [-0.2, -0.15) is 4.99 Å². The highest BCUT2D eigenvalue weighted by atomic mass is 79.9. The molecule has 2 aromatic rings. The zero-order chi connectivity index (χ0) is 12.6. The van der Waals surface area contributed by atoms with Crippen molar-refractivity contribution in [3.8, 4) is 0 Å². The van der Waals surface area contributed by atoms with Gasteiger partial charge in [0.15, 0.2) is 4.80 Å². The summed E-state index contributed by atoms with van der Waals surface area (Å²) in [7, 11) is 1.93. The van der Waals surface area contributed by atoms with E-state index < -0.39 is 0 Å². The molecule has 0 atom stereocenters. The van der Waals surface area contributed by atoms with Gasteiger partial charge >= 0.3 is 0 Å². The smallest absolute Gasteiger partial charge is 0.250 e. The summed E-state index contributed by atoms with van der Waals surface area (Å²) in [5.74, 6) is -0.146. The number of thiazole rings is 1. The van der Waals surface area contributed by atoms with Gasteiger partial charge in [-0.05, 0) is 28.1 Å². The number of hydrogen-bond acceptors (Lipinski definition) is 2. The highest BCUT2D eigenvalue weighted by Crippen LogP contribution is 2.24. The Morgan fingerprint density at radius 1 is 1.47 bits per heavy atom. The molecule has 0 aliphatic heterocycles. The van der Waals surface area contributed by atoms with Crippen LogP contribution in [-0.2, 0) is 11.8 Å². The number of rotatable bonds is 1. The van der Waals surface area contributed by atoms with Crippen LogP contribution in [0.3, 0.4) is 0 Å². The number of carbonyl (C=O) groups is 1. The number of carbonyl (C=O) groups excluding carboxylic acids is 1. The molecule has 0 fully saturated rings. The van der Waals surface area contributed by atoms with Gasteiger partial charge in [0, 0.05) is 17.4 Å². The Kier molecular flexibility index (Phi) is 3.49. The quantitative estimate of drug-likeness (QED) is 0.796. The zero-order valence-electron chi connectivity index (χ0n) is 9.90. The van der Waals surface area contributed by atoms with E-state index in [0.717, 1.165) is 19.5 Å². The van der Waals surface area contributed by atoms with Crippen molar-refractivity contribution in [1.82, 2.24) is 4.57 Å². The first-order valence-corrected chi connectivity index (χ1v) is 6.94. The number of aryl methyl sites for hydroxylation is 1. The molecule has 2 rings (SSSR count). The third-order valence-corrected chi connectivity index (χ3v) is 4.21. The van der Waals surface area contributed by atoms with E-state index in [0.29, 0.717) is 0 Å². The molecule has 3 nitrogen and oxygen atoms in total. The average Bonchev–Trinajstić information content (AvgIpc) is 2.57. The third kappa shape index (κ3) is 2.35. The Hall–Kier alpha value is -0.940. The molecule has 0 bridgehead atoms. The molecular formula is C12H13BrN2OS. The van der Waals surface area contributed by atoms with Gasteiger partial charge in [-0.3, -0.25) is 4.79 Å². The minimum absolute atomic E-state index is 0.0661. The fraction of sp³-hybridized carbons (Fsp3) is 0.333. The summed E-state index contributed by atoms with van der Waals surface area (Å²) >= 11 is 5.04. The molecule has 0 saturated carbocycles. The molecular weight excluding hydrogens is 300 g/mol. The van der Waals surface area contributed by atoms with Gasteiger partial charge in [-0.1, -0.05) is 31.3 Å². The molecule has 0 spiro atoms. The van der Waals surface area contributed by atoms with Crippen LogP contribution < -0.4 is 4.80 Å². The lowest BCUT2D eigenvalue weighted by molar-refractivity contribution is -0.120. The molecule has 1 aromatic heterocycles. The predicted molar refractivity (Wildman–Crippen MR) is 73.9 cm³/mol. The van der Waals surface area contributed by atoms with E-state index >= 15 is 0 Å². The SMILES string of the molecule is CC(C)C(=O)N=c1sc2cccc(Br)c2n1C. The van der Waals surface area contributed by atoms with Gasteiger partial charge < -0.3 is 4.57 Å². The van der Waals surface area contributed by atoms with Crippen LogP contribution in [0, 0.1) is 5.92 Å². The Morgan fingerprint density at radius 2 is 2.18 bits per heavy atom. The third-order valence-electron chi connectivity index (χ3n) is 2.47. The fourth-order valence-electron chi connectivity index (χ4n) is 1.49. The summed E-state index contributed by atoms with van der Waals surface area (Å²) < 4.78 is 4.09. The first kappa shape index (κ1) is 12.5. The maximum absolute atomic E-state index is 11.6. The van der Waals surface area contributed by atoms with Gasteiger partial charge in [0.2, 0.25) is 0 Å². The normalized spacial score (nSPS) is 12.6. The second kappa shape index (κ2) is 4.74. The Balaban J connectivity index is 2.69. The molecule has 0 N–H and O–H groups in total. The lowest BCUT2D eigenvalue weighted by atomic mass is 10.2. The molecule has 0 unspecified atom stereocenters. The minimum Gasteiger partial charge on any atom is -0.318 e. The van der Waals surface area contributed by atoms with Gasteiger partial charge in [-0.25, -0.2) is 0 Å². The molecule has 1 aromatic carbocycles. The lowest BCUT2D eigenvalue weighted by Gasteiger charge is -1.98. The van der Waals surface area contributed by atoms with Gasteiger partial charge in [0.05, 0.1) is 10.2 Å². The first-order chi connectivity index (χ1) is 8.00. The molecule has 5 heteroatoms. The minimum atomic E-state index is -0.0803. The van der Waals surface area contributed by atoms with Crippen LogP contribution in [0.4, 0.5) is 0 Å². The number of hydrogen-bond donors (Lipinski definition) is 0. The van der Waals surface area contributed by atoms with E-state index in [2.05, 4.69) is 20.9 Å². The fourth-order valence-corrected chi connectivity index (χ4v) is 3.30. The van der Waals surface area contributed by atoms with Crippen LogP contribution >= 0.6 is 27.3 Å². The van der Waals surface area contributed by atoms with Gasteiger partial charge in [0.25, 0.3) is 5.91 Å². The van der Waals surface area contributed by atoms with Crippen LogP contribution in [0.25, 0.3) is 10.2 Å². The van der Waals surface area contributed by atoms with Crippen LogP contribution in [-0.4, -0.2) is 10.5 Å². The van der Waals surface area contributed by atoms with Gasteiger partial charge in [0.1, 0.15) is 0 Å². The Labute approximate surface area is 112 Å². The monoisotopic (exact) mass is 312 g/mol. The van der Waals surface area contributed by atoms with E-state index in [1.54, 1.807) is 0 Å². The van der Waals surface area contributed by atoms with E-state index in [-0.39, 0.29) is 11.8 Å². The van der Waals surface area contributed by atoms with E-state index in [1.165, 1.54) is 11.3 Å². The van der Waals surface area contributed by atoms with Crippen molar-refractivity contribution >= 4 is 43.4 Å². The van der Waals surface area contributed by atoms with Crippen LogP contribution in [0.15, 0.2) is 27.7 Å². The van der Waals surface area contributed by atoms with E-state index in [1.807, 2.05) is 43.7 Å². The predicted octanol–water partition coefficient (Wildman–Crippen LogP) is 3.09. The summed E-state index contributed by atoms with van der Waals surface area (Å²) in [5, 5.41) is 0. The second-order valence-corrected chi connectivity index (χ2v) is 6.00. The standard InChI is InChI=1S/C12H13BrN2OS/c1-7(2)11(16)14-12-15(3)10-8(13)5-4-6-9(10)17-12/h4-7H,1-3H3. The average molecular weight is 313 g/mol. The number of nitrogens with zero attached hydrogens (tertiary/aromatic N) is 2. The number of aromatic nitrogens is 1. The number of fused-ring (bicyclic) bond motifs is 1. The molecule has 0 radical (unpaired) electrons. The van der Waals surface area contributed by atoms with Crippen LogP contribution in [0.1, 0.15) is 13.8 Å². The van der Waals surface area contributed by atoms with Crippen molar-refractivity contribution in [3.05, 3.63) is 27.5 Å². The summed E-state index contributed by atoms with van der Waals surface area (Å²) in [6, 6.07) is 6.00. The number of para-hydroxylation sites is 1. The van der Waals surface area contributed by atoms with Crippen molar-refractivity contribution in [1.29, 1.82) is 0 Å². The highest BCUT2D eigenvalue weighted by Gasteiger charge is 2.09. The molecule has 0 aliphatic carbocycles. The summed E-state index contributed by atoms with van der Waals surface area (Å²) in [4.78, 5) is 16.5. The van der Waals surface area contributed by atoms with Crippen molar-refractivity contribution in [2.75, 3.05) is 0 Å². The van der Waals surface area contributed by atoms with Crippen molar-refractivity contribution in [2.24, 2.45) is 18.0 Å². The number of benzene rings is 1. The summed E-state index contributed by atoms with van der Waals surface area (Å²) in [6.45, 7) is 3.71. The van der Waals surface area contributed by atoms with Crippen LogP contribution in [0.2, 0.25) is 0 Å². The largest absolute Gasteiger partial charge is 0.318 e. The maximum Gasteiger partial charge on any atom is 0.250 e. The number of halogens is 1. The maximum atomic E-state index is 11.6. The molecule has 0 saturated heterocycles. The number of amides is 1. The highest BCUT2D eigenvalue weighted by molar-refractivity contribution is 9.10. The lowest BCUT2D eigenvalue weighted by Crippen LogP contribution is -2.15. The molecule has 0 aliphatic rings. The van der Waals surface area contributed by atoms with Crippen LogP contribution in [0.5, 0.6) is 0 Å². The van der Waals surface area contributed by atoms with Crippen molar-refractivity contribution in [2.45, 2.75) is 13.8 Å². The molecule has 1 amide bonds. The first-order valence-electron chi connectivity index (χ1n) is 5.33. The topological polar surface area (TPSA) is 34.4 Å². The summed E-state index contributed by atoms with van der Waals surface area (Å²) in [6.07, 6.45) is 0. The van der Waals surface area contributed by atoms with E-state index in [4.69, 9.17) is 0 Å². The zero-order valence-corrected chi connectivity index (χ0v) is 12.3. The molecule has 17 heavy (non-hydrogen) atoms. The van der Waals surface area contributed by atoms with Gasteiger partial charge in [-0.15, -0.1) is 0 Å². The van der Waals surface area contributed by atoms with E-state index in [9.17, 15) is 4.79 Å². The summed E-state index contributed by atoms with van der Waals surface area (Å²) in [5.41, 5.74) is 1.08. The van der Waals surface area contributed by atoms with Crippen molar-refractivity contribution < 1.29 is 4.79 Å². The molecule has 90 valence electrons. The second-order valence-electron chi connectivity index (χ2n) is 4.13. The Morgan fingerprint density at radius 3 is 2.76 bits per heavy atom. The van der Waals surface area contributed by atoms with Crippen molar-refractivity contribution in [3.63, 3.8) is 0 Å². The molecule has 1 heterocycles.